The molecule has 1 atom stereocenters. The van der Waals surface area contributed by atoms with Crippen LogP contribution in [0.25, 0.3) is 0 Å². The number of nitrogens with two attached hydrogens (primary N) is 1. The molecule has 0 fully saturated rings. The van der Waals surface area contributed by atoms with E-state index in [0.717, 1.165) is 19.2 Å². The number of hydrogen-bond acceptors (Lipinski definition) is 8. The fourth-order valence-corrected chi connectivity index (χ4v) is 2.04. The first-order valence-corrected chi connectivity index (χ1v) is 8.66. The summed E-state index contributed by atoms with van der Waals surface area (Å²) in [6.07, 6.45) is 0. The van der Waals surface area contributed by atoms with Gasteiger partial charge in [0.1, 0.15) is 6.04 Å². The molecule has 28 heavy (non-hydrogen) atoms. The topological polar surface area (TPSA) is 154 Å². The number of nitrogens with zero attached hydrogens (tertiary/aromatic N) is 1. The van der Waals surface area contributed by atoms with Crippen molar-refractivity contribution >= 4 is 30.1 Å². The summed E-state index contributed by atoms with van der Waals surface area (Å²) in [6, 6.07) is 2.40. The average Bonchev–Trinajstić information content (AvgIpc) is 2.63. The Morgan fingerprint density at radius 2 is 1.96 bits per heavy atom. The molecule has 1 rings (SSSR count). The van der Waals surface area contributed by atoms with E-state index in [1.807, 2.05) is 13.8 Å². The van der Waals surface area contributed by atoms with Crippen LogP contribution >= 0.6 is 0 Å². The number of nitro groups is 1. The number of hydrogen-bond donors (Lipinski definition) is 3. The van der Waals surface area contributed by atoms with E-state index in [9.17, 15) is 24.7 Å². The lowest BCUT2D eigenvalue weighted by molar-refractivity contribution is -0.384. The van der Waals surface area contributed by atoms with Crippen LogP contribution in [0.5, 0.6) is 0 Å². The summed E-state index contributed by atoms with van der Waals surface area (Å²) in [4.78, 5) is 34.2. The van der Waals surface area contributed by atoms with Crippen molar-refractivity contribution in [2.24, 2.45) is 11.7 Å². The van der Waals surface area contributed by atoms with Gasteiger partial charge < -0.3 is 25.5 Å². The van der Waals surface area contributed by atoms with E-state index in [0.29, 0.717) is 0 Å². The molecule has 0 aliphatic heterocycles. The SMILES string of the molecule is COC(=O)C(N)CNC(=O)c1cc(B(O)OC(C)(C)C(C)C)cc([N+](=O)[O-])c1. The number of amides is 1. The Kier molecular flexibility index (Phi) is 8.09. The van der Waals surface area contributed by atoms with Crippen LogP contribution in [0.15, 0.2) is 18.2 Å². The van der Waals surface area contributed by atoms with Gasteiger partial charge in [-0.2, -0.15) is 0 Å². The van der Waals surface area contributed by atoms with Crippen LogP contribution in [-0.2, 0) is 14.2 Å². The highest BCUT2D eigenvalue weighted by Gasteiger charge is 2.32. The van der Waals surface area contributed by atoms with Crippen LogP contribution in [0.4, 0.5) is 5.69 Å². The number of esters is 1. The van der Waals surface area contributed by atoms with E-state index in [1.54, 1.807) is 13.8 Å². The van der Waals surface area contributed by atoms with Gasteiger partial charge in [-0.25, -0.2) is 0 Å². The molecule has 0 saturated heterocycles. The number of carbonyl (C=O) groups excluding carboxylic acids is 2. The van der Waals surface area contributed by atoms with Crippen molar-refractivity contribution in [1.82, 2.24) is 5.32 Å². The second-order valence-electron chi connectivity index (χ2n) is 7.14. The lowest BCUT2D eigenvalue weighted by Crippen LogP contribution is -2.45. The van der Waals surface area contributed by atoms with Crippen LogP contribution in [0.3, 0.4) is 0 Å². The molecule has 11 heteroatoms. The van der Waals surface area contributed by atoms with Gasteiger partial charge in [-0.15, -0.1) is 0 Å². The van der Waals surface area contributed by atoms with Crippen molar-refractivity contribution in [3.8, 4) is 0 Å². The smallest absolute Gasteiger partial charge is 0.468 e. The Labute approximate surface area is 163 Å². The van der Waals surface area contributed by atoms with Gasteiger partial charge >= 0.3 is 13.1 Å². The summed E-state index contributed by atoms with van der Waals surface area (Å²) in [5.74, 6) is -1.34. The molecule has 0 aliphatic carbocycles. The second kappa shape index (κ2) is 9.62. The van der Waals surface area contributed by atoms with Crippen molar-refractivity contribution in [1.29, 1.82) is 0 Å². The van der Waals surface area contributed by atoms with E-state index in [-0.39, 0.29) is 29.2 Å². The van der Waals surface area contributed by atoms with Gasteiger partial charge in [0, 0.05) is 24.2 Å². The fraction of sp³-hybridized carbons (Fsp3) is 0.529. The summed E-state index contributed by atoms with van der Waals surface area (Å²) in [5.41, 5.74) is 4.44. The van der Waals surface area contributed by atoms with Crippen molar-refractivity contribution in [2.75, 3.05) is 13.7 Å². The van der Waals surface area contributed by atoms with Crippen LogP contribution in [-0.4, -0.2) is 54.2 Å². The molecule has 4 N–H and O–H groups in total. The summed E-state index contributed by atoms with van der Waals surface area (Å²) in [5, 5.41) is 24.0. The second-order valence-corrected chi connectivity index (χ2v) is 7.14. The molecule has 0 heterocycles. The van der Waals surface area contributed by atoms with Gasteiger partial charge in [-0.3, -0.25) is 19.7 Å². The highest BCUT2D eigenvalue weighted by Crippen LogP contribution is 2.21. The fourth-order valence-electron chi connectivity index (χ4n) is 2.04. The standard InChI is InChI=1S/C17H26BN3O7/c1-10(2)17(3,4)28-18(24)12-6-11(7-13(8-12)21(25)26)15(22)20-9-14(19)16(23)27-5/h6-8,10,14,24H,9,19H2,1-5H3,(H,20,22). The van der Waals surface area contributed by atoms with Gasteiger partial charge in [-0.1, -0.05) is 13.8 Å². The Morgan fingerprint density at radius 1 is 1.36 bits per heavy atom. The Morgan fingerprint density at radius 3 is 2.46 bits per heavy atom. The molecule has 1 amide bonds. The average molecular weight is 395 g/mol. The zero-order chi connectivity index (χ0) is 21.6. The molecule has 0 saturated carbocycles. The molecule has 0 spiro atoms. The minimum absolute atomic E-state index is 0.0587. The van der Waals surface area contributed by atoms with Crippen LogP contribution in [0.2, 0.25) is 0 Å². The zero-order valence-corrected chi connectivity index (χ0v) is 16.6. The van der Waals surface area contributed by atoms with Gasteiger partial charge in [0.15, 0.2) is 0 Å². The minimum Gasteiger partial charge on any atom is -0.468 e. The van der Waals surface area contributed by atoms with Crippen LogP contribution < -0.4 is 16.5 Å². The predicted octanol–water partition coefficient (Wildman–Crippen LogP) is -0.0364. The van der Waals surface area contributed by atoms with Crippen molar-refractivity contribution < 1.29 is 28.9 Å². The third-order valence-electron chi connectivity index (χ3n) is 4.49. The van der Waals surface area contributed by atoms with E-state index in [4.69, 9.17) is 10.4 Å². The molecule has 0 radical (unpaired) electrons. The lowest BCUT2D eigenvalue weighted by atomic mass is 9.76. The van der Waals surface area contributed by atoms with Crippen LogP contribution in [0, 0.1) is 16.0 Å². The summed E-state index contributed by atoms with van der Waals surface area (Å²) < 4.78 is 10.1. The third kappa shape index (κ3) is 6.29. The first kappa shape index (κ1) is 23.5. The summed E-state index contributed by atoms with van der Waals surface area (Å²) in [7, 11) is -0.308. The Bertz CT molecular complexity index is 739. The number of methoxy groups -OCH3 is 1. The van der Waals surface area contributed by atoms with Crippen LogP contribution in [0.1, 0.15) is 38.1 Å². The number of carbonyl (C=O) groups is 2. The normalized spacial score (nSPS) is 12.4. The number of non-ortho nitro benzene ring substituents is 1. The van der Waals surface area contributed by atoms with E-state index in [1.165, 1.54) is 6.07 Å². The number of benzene rings is 1. The van der Waals surface area contributed by atoms with E-state index in [2.05, 4.69) is 10.1 Å². The highest BCUT2D eigenvalue weighted by atomic mass is 16.6. The largest absolute Gasteiger partial charge is 0.491 e. The molecule has 0 bridgehead atoms. The minimum atomic E-state index is -1.47. The van der Waals surface area contributed by atoms with E-state index < -0.39 is 35.6 Å². The van der Waals surface area contributed by atoms with Crippen molar-refractivity contribution in [2.45, 2.75) is 39.3 Å². The lowest BCUT2D eigenvalue weighted by Gasteiger charge is -2.31. The van der Waals surface area contributed by atoms with Crippen molar-refractivity contribution in [3.05, 3.63) is 33.9 Å². The van der Waals surface area contributed by atoms with Gasteiger partial charge in [0.2, 0.25) is 0 Å². The highest BCUT2D eigenvalue weighted by molar-refractivity contribution is 6.60. The number of rotatable bonds is 9. The maximum absolute atomic E-state index is 12.3. The molecule has 10 nitrogen and oxygen atoms in total. The molecule has 0 aliphatic rings. The van der Waals surface area contributed by atoms with Gasteiger partial charge in [0.25, 0.3) is 11.6 Å². The maximum Gasteiger partial charge on any atom is 0.491 e. The number of nitrogens with one attached hydrogen (secondary N) is 1. The summed E-state index contributed by atoms with van der Waals surface area (Å²) >= 11 is 0. The Balaban J connectivity index is 3.09. The quantitative estimate of drug-likeness (QED) is 0.228. The van der Waals surface area contributed by atoms with Crippen molar-refractivity contribution in [3.63, 3.8) is 0 Å². The Hall–Kier alpha value is -2.50. The molecular weight excluding hydrogens is 369 g/mol. The van der Waals surface area contributed by atoms with E-state index >= 15 is 0 Å². The summed E-state index contributed by atoms with van der Waals surface area (Å²) in [6.45, 7) is 7.15. The molecule has 1 aromatic carbocycles. The third-order valence-corrected chi connectivity index (χ3v) is 4.49. The number of ether oxygens (including phenoxy) is 1. The predicted molar refractivity (Wildman–Crippen MR) is 103 cm³/mol. The monoisotopic (exact) mass is 395 g/mol. The number of nitro benzene ring substituents is 1. The van der Waals surface area contributed by atoms with Gasteiger partial charge in [-0.05, 0) is 31.3 Å². The maximum atomic E-state index is 12.3. The first-order chi connectivity index (χ1) is 12.9. The first-order valence-electron chi connectivity index (χ1n) is 8.66. The van der Waals surface area contributed by atoms with Gasteiger partial charge in [0.05, 0.1) is 17.6 Å². The molecule has 0 aromatic heterocycles. The molecular formula is C17H26BN3O7. The molecule has 1 aromatic rings. The zero-order valence-electron chi connectivity index (χ0n) is 16.6. The molecule has 154 valence electrons. The molecule has 1 unspecified atom stereocenters.